The number of ether oxygens (including phenoxy) is 2. The highest BCUT2D eigenvalue weighted by Gasteiger charge is 2.61. The SMILES string of the molecule is C=C(C)[C@H]1CCC(C)(O)[C@@H]1/C=C/C(C)=C/C1C[C@@]23C(C=O)CCC(C)[C@H]2CCCOC3O1. The Balaban J connectivity index is 1.54. The number of aldehydes is 1. The third kappa shape index (κ3) is 4.19. The van der Waals surface area contributed by atoms with Crippen LogP contribution in [0.3, 0.4) is 0 Å². The maximum atomic E-state index is 12.1. The molecule has 4 rings (SSSR count). The summed E-state index contributed by atoms with van der Waals surface area (Å²) < 4.78 is 12.7. The molecule has 2 saturated carbocycles. The minimum absolute atomic E-state index is 0.0194. The molecule has 2 aliphatic heterocycles. The Morgan fingerprint density at radius 1 is 1.19 bits per heavy atom. The van der Waals surface area contributed by atoms with Crippen LogP contribution in [0.25, 0.3) is 0 Å². The zero-order chi connectivity index (χ0) is 23.1. The topological polar surface area (TPSA) is 55.8 Å². The van der Waals surface area contributed by atoms with E-state index < -0.39 is 5.60 Å². The predicted molar refractivity (Wildman–Crippen MR) is 127 cm³/mol. The second-order valence-electron chi connectivity index (χ2n) is 11.4. The molecule has 9 atom stereocenters. The first kappa shape index (κ1) is 23.9. The van der Waals surface area contributed by atoms with Gasteiger partial charge in [-0.1, -0.05) is 42.9 Å². The van der Waals surface area contributed by atoms with E-state index in [2.05, 4.69) is 45.6 Å². The number of hydrogen-bond acceptors (Lipinski definition) is 4. The molecule has 4 fully saturated rings. The van der Waals surface area contributed by atoms with Gasteiger partial charge in [-0.3, -0.25) is 0 Å². The fourth-order valence-electron chi connectivity index (χ4n) is 7.41. The fourth-order valence-corrected chi connectivity index (χ4v) is 7.41. The first-order chi connectivity index (χ1) is 15.2. The van der Waals surface area contributed by atoms with Gasteiger partial charge in [0.15, 0.2) is 6.29 Å². The van der Waals surface area contributed by atoms with Crippen molar-refractivity contribution in [3.8, 4) is 0 Å². The lowest BCUT2D eigenvalue weighted by atomic mass is 9.54. The first-order valence-electron chi connectivity index (χ1n) is 12.7. The van der Waals surface area contributed by atoms with Crippen molar-refractivity contribution >= 4 is 6.29 Å². The fraction of sp³-hybridized carbons (Fsp3) is 0.750. The van der Waals surface area contributed by atoms with Gasteiger partial charge in [0.2, 0.25) is 0 Å². The summed E-state index contributed by atoms with van der Waals surface area (Å²) in [6, 6.07) is 0. The summed E-state index contributed by atoms with van der Waals surface area (Å²) in [5.74, 6) is 1.52. The molecule has 2 heterocycles. The highest BCUT2D eigenvalue weighted by atomic mass is 16.7. The quantitative estimate of drug-likeness (QED) is 0.341. The third-order valence-electron chi connectivity index (χ3n) is 9.15. The average molecular weight is 443 g/mol. The highest BCUT2D eigenvalue weighted by molar-refractivity contribution is 5.56. The molecule has 0 amide bonds. The van der Waals surface area contributed by atoms with Crippen molar-refractivity contribution in [2.24, 2.45) is 35.0 Å². The van der Waals surface area contributed by atoms with Crippen molar-refractivity contribution in [3.05, 3.63) is 36.0 Å². The van der Waals surface area contributed by atoms with Gasteiger partial charge in [0.05, 0.1) is 11.7 Å². The van der Waals surface area contributed by atoms with Gasteiger partial charge in [0.1, 0.15) is 6.29 Å². The van der Waals surface area contributed by atoms with E-state index in [-0.39, 0.29) is 29.6 Å². The monoisotopic (exact) mass is 442 g/mol. The second kappa shape index (κ2) is 9.19. The summed E-state index contributed by atoms with van der Waals surface area (Å²) in [5.41, 5.74) is 1.40. The standard InChI is InChI=1S/C28H42O4/c1-18(2)23-12-13-27(5,30)25(23)11-8-19(3)15-22-16-28-21(17-29)10-9-20(4)24(28)7-6-14-31-26(28)32-22/h8,11,15,17,20-26,30H,1,6-7,9-10,12-14,16H2,2-5H3/b11-8+,19-15+/t20?,21?,22?,23-,24-,25-,26?,27?,28-/m1/s1. The molecule has 1 spiro atoms. The maximum absolute atomic E-state index is 12.1. The third-order valence-corrected chi connectivity index (χ3v) is 9.15. The van der Waals surface area contributed by atoms with Crippen LogP contribution in [0.5, 0.6) is 0 Å². The van der Waals surface area contributed by atoms with Crippen LogP contribution in [-0.4, -0.2) is 36.0 Å². The molecular weight excluding hydrogens is 400 g/mol. The largest absolute Gasteiger partial charge is 0.390 e. The summed E-state index contributed by atoms with van der Waals surface area (Å²) in [6.07, 6.45) is 14.2. The Morgan fingerprint density at radius 3 is 2.69 bits per heavy atom. The van der Waals surface area contributed by atoms with Crippen molar-refractivity contribution < 1.29 is 19.4 Å². The lowest BCUT2D eigenvalue weighted by molar-refractivity contribution is -0.197. The minimum Gasteiger partial charge on any atom is -0.390 e. The minimum atomic E-state index is -0.688. The number of rotatable bonds is 5. The molecule has 4 aliphatic rings. The van der Waals surface area contributed by atoms with Crippen LogP contribution in [0.2, 0.25) is 0 Å². The first-order valence-corrected chi connectivity index (χ1v) is 12.7. The Kier molecular flexibility index (Phi) is 6.87. The number of carbonyl (C=O) groups excluding carboxylic acids is 1. The van der Waals surface area contributed by atoms with Gasteiger partial charge in [-0.15, -0.1) is 0 Å². The number of allylic oxidation sites excluding steroid dienone is 3. The molecule has 0 aromatic heterocycles. The van der Waals surface area contributed by atoms with Crippen LogP contribution < -0.4 is 0 Å². The molecule has 4 nitrogen and oxygen atoms in total. The van der Waals surface area contributed by atoms with E-state index in [1.165, 1.54) is 6.29 Å². The van der Waals surface area contributed by atoms with Gasteiger partial charge >= 0.3 is 0 Å². The van der Waals surface area contributed by atoms with Crippen LogP contribution in [0.15, 0.2) is 36.0 Å². The number of hydrogen-bond donors (Lipinski definition) is 1. The number of carbonyl (C=O) groups is 1. The van der Waals surface area contributed by atoms with Crippen LogP contribution in [0.1, 0.15) is 72.6 Å². The van der Waals surface area contributed by atoms with Crippen molar-refractivity contribution in [2.45, 2.75) is 90.6 Å². The molecule has 5 unspecified atom stereocenters. The van der Waals surface area contributed by atoms with Crippen LogP contribution in [0, 0.1) is 35.0 Å². The van der Waals surface area contributed by atoms with Crippen molar-refractivity contribution in [2.75, 3.05) is 6.61 Å². The molecule has 178 valence electrons. The molecule has 0 aromatic rings. The van der Waals surface area contributed by atoms with Crippen molar-refractivity contribution in [1.82, 2.24) is 0 Å². The van der Waals surface area contributed by atoms with E-state index >= 15 is 0 Å². The smallest absolute Gasteiger partial charge is 0.164 e. The Morgan fingerprint density at radius 2 is 1.97 bits per heavy atom. The molecular formula is C28H42O4. The van der Waals surface area contributed by atoms with E-state index in [9.17, 15) is 9.90 Å². The van der Waals surface area contributed by atoms with E-state index in [1.54, 1.807) is 0 Å². The van der Waals surface area contributed by atoms with Gasteiger partial charge in [0, 0.05) is 23.9 Å². The van der Waals surface area contributed by atoms with Crippen molar-refractivity contribution in [3.63, 3.8) is 0 Å². The normalized spacial score (nSPS) is 47.2. The molecule has 0 radical (unpaired) electrons. The predicted octanol–water partition coefficient (Wildman–Crippen LogP) is 5.62. The zero-order valence-electron chi connectivity index (χ0n) is 20.4. The Labute approximate surface area is 194 Å². The van der Waals surface area contributed by atoms with Gasteiger partial charge in [-0.05, 0) is 83.5 Å². The highest BCUT2D eigenvalue weighted by Crippen LogP contribution is 2.59. The lowest BCUT2D eigenvalue weighted by Crippen LogP contribution is -2.50. The summed E-state index contributed by atoms with van der Waals surface area (Å²) in [7, 11) is 0. The van der Waals surface area contributed by atoms with Gasteiger partial charge in [0.25, 0.3) is 0 Å². The Bertz CT molecular complexity index is 780. The molecule has 0 aromatic carbocycles. The maximum Gasteiger partial charge on any atom is 0.164 e. The molecule has 1 N–H and O–H groups in total. The summed E-state index contributed by atoms with van der Waals surface area (Å²) >= 11 is 0. The van der Waals surface area contributed by atoms with Gasteiger partial charge in [-0.25, -0.2) is 0 Å². The summed E-state index contributed by atoms with van der Waals surface area (Å²) in [5, 5.41) is 10.9. The summed E-state index contributed by atoms with van der Waals surface area (Å²) in [4.78, 5) is 12.1. The van der Waals surface area contributed by atoms with E-state index in [4.69, 9.17) is 9.47 Å². The molecule has 0 bridgehead atoms. The average Bonchev–Trinajstić information content (AvgIpc) is 3.16. The van der Waals surface area contributed by atoms with E-state index in [0.717, 1.165) is 62.7 Å². The van der Waals surface area contributed by atoms with E-state index in [0.29, 0.717) is 17.8 Å². The zero-order valence-corrected chi connectivity index (χ0v) is 20.4. The summed E-state index contributed by atoms with van der Waals surface area (Å²) in [6.45, 7) is 13.3. The van der Waals surface area contributed by atoms with Crippen LogP contribution in [-0.2, 0) is 14.3 Å². The van der Waals surface area contributed by atoms with Gasteiger partial charge in [-0.2, -0.15) is 0 Å². The van der Waals surface area contributed by atoms with Crippen molar-refractivity contribution in [1.29, 1.82) is 0 Å². The molecule has 32 heavy (non-hydrogen) atoms. The van der Waals surface area contributed by atoms with E-state index in [1.807, 2.05) is 6.92 Å². The lowest BCUT2D eigenvalue weighted by Gasteiger charge is -2.49. The second-order valence-corrected chi connectivity index (χ2v) is 11.4. The van der Waals surface area contributed by atoms with Crippen LogP contribution in [0.4, 0.5) is 0 Å². The van der Waals surface area contributed by atoms with Gasteiger partial charge < -0.3 is 19.4 Å². The number of aliphatic hydroxyl groups is 1. The molecule has 2 aliphatic carbocycles. The molecule has 4 heteroatoms. The molecule has 2 saturated heterocycles. The Hall–Kier alpha value is -1.23. The van der Waals surface area contributed by atoms with Crippen LogP contribution >= 0.6 is 0 Å².